The normalized spacial score (nSPS) is 15.8. The summed E-state index contributed by atoms with van der Waals surface area (Å²) >= 11 is 0. The number of hydrogen-bond donors (Lipinski definition) is 3. The summed E-state index contributed by atoms with van der Waals surface area (Å²) in [4.78, 5) is 30.4. The number of aromatic nitrogens is 1. The molecular formula is C29H31ClF4N4O5. The van der Waals surface area contributed by atoms with Crippen LogP contribution in [-0.4, -0.2) is 36.1 Å². The Morgan fingerprint density at radius 1 is 1.09 bits per heavy atom. The van der Waals surface area contributed by atoms with E-state index in [9.17, 15) is 27.2 Å². The lowest BCUT2D eigenvalue weighted by atomic mass is 10.0. The molecule has 2 atom stereocenters. The summed E-state index contributed by atoms with van der Waals surface area (Å²) < 4.78 is 70.3. The van der Waals surface area contributed by atoms with Crippen molar-refractivity contribution >= 4 is 24.2 Å². The van der Waals surface area contributed by atoms with Gasteiger partial charge >= 0.3 is 6.61 Å². The Balaban J connectivity index is 0.00000423. The van der Waals surface area contributed by atoms with Gasteiger partial charge < -0.3 is 30.3 Å². The van der Waals surface area contributed by atoms with Crippen molar-refractivity contribution in [3.05, 3.63) is 65.1 Å². The van der Waals surface area contributed by atoms with Gasteiger partial charge in [-0.2, -0.15) is 8.78 Å². The van der Waals surface area contributed by atoms with Crippen molar-refractivity contribution in [3.8, 4) is 23.0 Å². The molecule has 0 spiro atoms. The molecule has 0 aliphatic heterocycles. The minimum Gasteiger partial charge on any atom is -0.489 e. The molecule has 0 unspecified atom stereocenters. The molecule has 3 aromatic rings. The molecule has 2 amide bonds. The fourth-order valence-corrected chi connectivity index (χ4v) is 4.32. The van der Waals surface area contributed by atoms with Crippen molar-refractivity contribution in [3.63, 3.8) is 0 Å². The summed E-state index contributed by atoms with van der Waals surface area (Å²) in [6.07, 6.45) is 3.30. The standard InChI is InChI=1S/C29H30F4N4O5.ClH/c1-14(34)26-25(27(39)36-21(12-24(38)35-18-6-7-18)19-8-5-17(30)11-20(19)31)37-28(42-26)16-4-9-22(41-29(32)33)23(10-16)40-13-15-2-3-15;/h4-5,8-11,14-15,18,21,29H,2-3,6-7,12-13,34H2,1H3,(H,35,38)(H,36,39);1H/t14-,21+;/m0./s1. The van der Waals surface area contributed by atoms with E-state index in [2.05, 4.69) is 20.4 Å². The summed E-state index contributed by atoms with van der Waals surface area (Å²) in [7, 11) is 0. The first-order chi connectivity index (χ1) is 20.1. The molecule has 4 N–H and O–H groups in total. The van der Waals surface area contributed by atoms with Crippen LogP contribution in [0.3, 0.4) is 0 Å². The van der Waals surface area contributed by atoms with Gasteiger partial charge in [-0.3, -0.25) is 9.59 Å². The number of oxazole rings is 1. The van der Waals surface area contributed by atoms with Gasteiger partial charge in [0.15, 0.2) is 23.0 Å². The number of benzene rings is 2. The molecule has 2 aliphatic rings. The number of hydrogen-bond acceptors (Lipinski definition) is 7. The van der Waals surface area contributed by atoms with Gasteiger partial charge in [0, 0.05) is 23.2 Å². The van der Waals surface area contributed by atoms with Gasteiger partial charge in [0.05, 0.1) is 25.1 Å². The van der Waals surface area contributed by atoms with Gasteiger partial charge in [-0.05, 0) is 62.8 Å². The summed E-state index contributed by atoms with van der Waals surface area (Å²) in [5.41, 5.74) is 6.05. The van der Waals surface area contributed by atoms with Gasteiger partial charge in [0.1, 0.15) is 11.6 Å². The number of nitrogens with one attached hydrogen (secondary N) is 2. The van der Waals surface area contributed by atoms with Crippen LogP contribution in [-0.2, 0) is 4.79 Å². The first kappa shape index (κ1) is 32.1. The van der Waals surface area contributed by atoms with E-state index in [1.54, 1.807) is 6.92 Å². The number of alkyl halides is 2. The van der Waals surface area contributed by atoms with Crippen LogP contribution < -0.4 is 25.8 Å². The zero-order valence-corrected chi connectivity index (χ0v) is 23.9. The van der Waals surface area contributed by atoms with E-state index >= 15 is 0 Å². The average molecular weight is 627 g/mol. The molecule has 0 saturated heterocycles. The third-order valence-electron chi connectivity index (χ3n) is 6.84. The Morgan fingerprint density at radius 2 is 1.84 bits per heavy atom. The Hall–Kier alpha value is -3.84. The molecule has 14 heteroatoms. The fourth-order valence-electron chi connectivity index (χ4n) is 4.32. The van der Waals surface area contributed by atoms with Crippen LogP contribution in [0.25, 0.3) is 11.5 Å². The highest BCUT2D eigenvalue weighted by atomic mass is 35.5. The molecule has 5 rings (SSSR count). The summed E-state index contributed by atoms with van der Waals surface area (Å²) in [6.45, 7) is -1.18. The van der Waals surface area contributed by atoms with Crippen LogP contribution in [0, 0.1) is 17.6 Å². The molecule has 9 nitrogen and oxygen atoms in total. The molecule has 2 aromatic carbocycles. The number of carbonyl (C=O) groups excluding carboxylic acids is 2. The van der Waals surface area contributed by atoms with Gasteiger partial charge in [-0.15, -0.1) is 12.4 Å². The summed E-state index contributed by atoms with van der Waals surface area (Å²) in [5, 5.41) is 5.39. The van der Waals surface area contributed by atoms with Crippen LogP contribution in [0.4, 0.5) is 17.6 Å². The zero-order chi connectivity index (χ0) is 30.0. The van der Waals surface area contributed by atoms with E-state index in [0.29, 0.717) is 24.2 Å². The Kier molecular flexibility index (Phi) is 10.2. The monoisotopic (exact) mass is 626 g/mol. The first-order valence-electron chi connectivity index (χ1n) is 13.6. The molecule has 2 saturated carbocycles. The number of carbonyl (C=O) groups is 2. The van der Waals surface area contributed by atoms with Crippen molar-refractivity contribution in [1.29, 1.82) is 0 Å². The Labute approximate surface area is 250 Å². The minimum atomic E-state index is -3.06. The zero-order valence-electron chi connectivity index (χ0n) is 23.1. The van der Waals surface area contributed by atoms with Gasteiger partial charge in [0.2, 0.25) is 11.8 Å². The molecule has 232 valence electrons. The largest absolute Gasteiger partial charge is 0.489 e. The topological polar surface area (TPSA) is 129 Å². The Bertz CT molecular complexity index is 1460. The van der Waals surface area contributed by atoms with Crippen LogP contribution in [0.5, 0.6) is 11.5 Å². The third-order valence-corrected chi connectivity index (χ3v) is 6.84. The lowest BCUT2D eigenvalue weighted by Crippen LogP contribution is -2.35. The van der Waals surface area contributed by atoms with E-state index in [0.717, 1.165) is 37.8 Å². The van der Waals surface area contributed by atoms with Gasteiger partial charge in [-0.1, -0.05) is 6.07 Å². The highest BCUT2D eigenvalue weighted by Crippen LogP contribution is 2.37. The second kappa shape index (κ2) is 13.6. The van der Waals surface area contributed by atoms with E-state index < -0.39 is 42.1 Å². The number of halogens is 5. The van der Waals surface area contributed by atoms with Crippen molar-refractivity contribution in [1.82, 2.24) is 15.6 Å². The number of rotatable bonds is 13. The maximum Gasteiger partial charge on any atom is 0.387 e. The van der Waals surface area contributed by atoms with E-state index in [-0.39, 0.29) is 59.3 Å². The lowest BCUT2D eigenvalue weighted by Gasteiger charge is -2.19. The predicted octanol–water partition coefficient (Wildman–Crippen LogP) is 5.59. The molecule has 0 radical (unpaired) electrons. The average Bonchev–Trinajstić information content (AvgIpc) is 3.86. The fraction of sp³-hybridized carbons (Fsp3) is 0.414. The molecule has 43 heavy (non-hydrogen) atoms. The highest BCUT2D eigenvalue weighted by Gasteiger charge is 2.30. The quantitative estimate of drug-likeness (QED) is 0.211. The number of nitrogens with zero attached hydrogens (tertiary/aromatic N) is 1. The van der Waals surface area contributed by atoms with E-state index in [1.165, 1.54) is 18.2 Å². The van der Waals surface area contributed by atoms with E-state index in [4.69, 9.17) is 14.9 Å². The lowest BCUT2D eigenvalue weighted by molar-refractivity contribution is -0.121. The third kappa shape index (κ3) is 8.38. The summed E-state index contributed by atoms with van der Waals surface area (Å²) in [6, 6.07) is 5.03. The second-order valence-electron chi connectivity index (χ2n) is 10.6. The van der Waals surface area contributed by atoms with Crippen molar-refractivity contribution in [2.24, 2.45) is 11.7 Å². The minimum absolute atomic E-state index is 0. The molecule has 1 aromatic heterocycles. The Morgan fingerprint density at radius 3 is 2.47 bits per heavy atom. The van der Waals surface area contributed by atoms with Crippen LogP contribution in [0.2, 0.25) is 0 Å². The van der Waals surface area contributed by atoms with Gasteiger partial charge in [-0.25, -0.2) is 13.8 Å². The second-order valence-corrected chi connectivity index (χ2v) is 10.6. The maximum atomic E-state index is 14.7. The SMILES string of the molecule is C[C@H](N)c1oc(-c2ccc(OC(F)F)c(OCC3CC3)c2)nc1C(=O)N[C@H](CC(=O)NC1CC1)c1ccc(F)cc1F.Cl. The number of ether oxygens (including phenoxy) is 2. The number of amides is 2. The highest BCUT2D eigenvalue weighted by molar-refractivity contribution is 5.94. The smallest absolute Gasteiger partial charge is 0.387 e. The molecular weight excluding hydrogens is 596 g/mol. The van der Waals surface area contributed by atoms with Gasteiger partial charge in [0.25, 0.3) is 5.91 Å². The maximum absolute atomic E-state index is 14.7. The summed E-state index contributed by atoms with van der Waals surface area (Å²) in [5.74, 6) is -2.80. The van der Waals surface area contributed by atoms with Crippen molar-refractivity contribution in [2.45, 2.75) is 63.8 Å². The van der Waals surface area contributed by atoms with Crippen LogP contribution in [0.1, 0.15) is 72.9 Å². The van der Waals surface area contributed by atoms with E-state index in [1.807, 2.05) is 0 Å². The van der Waals surface area contributed by atoms with Crippen molar-refractivity contribution < 1.29 is 41.0 Å². The van der Waals surface area contributed by atoms with Crippen LogP contribution >= 0.6 is 12.4 Å². The first-order valence-corrected chi connectivity index (χ1v) is 13.6. The van der Waals surface area contributed by atoms with Crippen LogP contribution in [0.15, 0.2) is 40.8 Å². The molecule has 0 bridgehead atoms. The number of nitrogens with two attached hydrogens (primary N) is 1. The molecule has 2 fully saturated rings. The predicted molar refractivity (Wildman–Crippen MR) is 149 cm³/mol. The molecule has 2 aliphatic carbocycles. The van der Waals surface area contributed by atoms with Crippen molar-refractivity contribution in [2.75, 3.05) is 6.61 Å². The molecule has 1 heterocycles.